The predicted octanol–water partition coefficient (Wildman–Crippen LogP) is 4.15. The van der Waals surface area contributed by atoms with E-state index < -0.39 is 0 Å². The van der Waals surface area contributed by atoms with Crippen LogP contribution in [0, 0.1) is 13.8 Å². The Morgan fingerprint density at radius 1 is 1.11 bits per heavy atom. The van der Waals surface area contributed by atoms with Gasteiger partial charge in [0.15, 0.2) is 12.4 Å². The van der Waals surface area contributed by atoms with Gasteiger partial charge in [0.05, 0.1) is 12.6 Å². The maximum Gasteiger partial charge on any atom is 0.229 e. The summed E-state index contributed by atoms with van der Waals surface area (Å²) in [5, 5.41) is 0. The van der Waals surface area contributed by atoms with Crippen LogP contribution in [0.4, 0.5) is 0 Å². The predicted molar refractivity (Wildman–Crippen MR) is 107 cm³/mol. The number of nitrogens with zero attached hydrogens (tertiary/aromatic N) is 2. The molecule has 0 N–H and O–H groups in total. The van der Waals surface area contributed by atoms with Gasteiger partial charge in [-0.05, 0) is 38.5 Å². The summed E-state index contributed by atoms with van der Waals surface area (Å²) in [6.07, 6.45) is 3.97. The molecule has 3 rings (SSSR count). The Kier molecular flexibility index (Phi) is 5.87. The summed E-state index contributed by atoms with van der Waals surface area (Å²) in [6.45, 7) is 7.11. The molecule has 2 aromatic heterocycles. The van der Waals surface area contributed by atoms with E-state index in [0.29, 0.717) is 13.2 Å². The molecule has 0 amide bonds. The van der Waals surface area contributed by atoms with Gasteiger partial charge in [-0.25, -0.2) is 0 Å². The molecule has 0 saturated heterocycles. The zero-order valence-electron chi connectivity index (χ0n) is 16.5. The van der Waals surface area contributed by atoms with Crippen LogP contribution in [0.1, 0.15) is 34.7 Å². The number of carbonyl (C=O) groups excluding carboxylic acids is 1. The minimum atomic E-state index is 0.120. The lowest BCUT2D eigenvalue weighted by molar-refractivity contribution is -0.682. The zero-order valence-corrected chi connectivity index (χ0v) is 16.5. The van der Waals surface area contributed by atoms with Crippen LogP contribution in [0.25, 0.3) is 11.1 Å². The number of benzene rings is 1. The van der Waals surface area contributed by atoms with Crippen molar-refractivity contribution in [1.29, 1.82) is 0 Å². The van der Waals surface area contributed by atoms with E-state index in [4.69, 9.17) is 4.74 Å². The van der Waals surface area contributed by atoms with Crippen LogP contribution in [0.2, 0.25) is 0 Å². The lowest BCUT2D eigenvalue weighted by atomic mass is 10.1. The van der Waals surface area contributed by atoms with Crippen LogP contribution < -0.4 is 4.57 Å². The van der Waals surface area contributed by atoms with Crippen molar-refractivity contribution in [2.24, 2.45) is 0 Å². The minimum absolute atomic E-state index is 0.120. The van der Waals surface area contributed by atoms with Gasteiger partial charge in [0, 0.05) is 35.7 Å². The lowest BCUT2D eigenvalue weighted by Crippen LogP contribution is -2.37. The van der Waals surface area contributed by atoms with Crippen molar-refractivity contribution in [2.75, 3.05) is 13.7 Å². The Bertz CT molecular complexity index is 929. The Morgan fingerprint density at radius 3 is 2.52 bits per heavy atom. The van der Waals surface area contributed by atoms with Crippen LogP contribution in [-0.2, 0) is 11.3 Å². The number of aromatic nitrogens is 2. The molecule has 27 heavy (non-hydrogen) atoms. The molecule has 0 aliphatic carbocycles. The third-order valence-electron chi connectivity index (χ3n) is 4.92. The first-order chi connectivity index (χ1) is 13.0. The number of hydrogen-bond donors (Lipinski definition) is 0. The number of carbonyl (C=O) groups is 1. The lowest BCUT2D eigenvalue weighted by Gasteiger charge is -2.17. The molecule has 0 spiro atoms. The smallest absolute Gasteiger partial charge is 0.229 e. The SMILES string of the molecule is COC[C@H](C)n1c(C)cc(C(=O)C[n+]2cccc(-c3ccccc3)c2)c1C. The molecule has 0 unspecified atom stereocenters. The normalized spacial score (nSPS) is 12.1. The highest BCUT2D eigenvalue weighted by atomic mass is 16.5. The number of pyridine rings is 1. The van der Waals surface area contributed by atoms with E-state index in [1.54, 1.807) is 7.11 Å². The number of methoxy groups -OCH3 is 1. The molecule has 4 nitrogen and oxygen atoms in total. The maximum absolute atomic E-state index is 13.0. The Balaban J connectivity index is 1.83. The van der Waals surface area contributed by atoms with Crippen molar-refractivity contribution < 1.29 is 14.1 Å². The second-order valence-electron chi connectivity index (χ2n) is 7.01. The van der Waals surface area contributed by atoms with Crippen molar-refractivity contribution in [1.82, 2.24) is 4.57 Å². The molecule has 1 aromatic carbocycles. The van der Waals surface area contributed by atoms with Gasteiger partial charge in [-0.15, -0.1) is 0 Å². The molecule has 0 aliphatic heterocycles. The standard InChI is InChI=1S/C23H27N2O2/c1-17-13-22(19(3)25(17)18(2)16-27-4)23(26)15-24-12-8-11-21(14-24)20-9-6-5-7-10-20/h5-14,18H,15-16H2,1-4H3/q+1/t18-/m0/s1. The summed E-state index contributed by atoms with van der Waals surface area (Å²) >= 11 is 0. The fourth-order valence-corrected chi connectivity index (χ4v) is 3.73. The molecule has 0 radical (unpaired) electrons. The van der Waals surface area contributed by atoms with Gasteiger partial charge in [0.2, 0.25) is 12.3 Å². The number of Topliss-reactive ketones (excluding diaryl/α,β-unsaturated/α-hetero) is 1. The molecule has 0 aliphatic rings. The average Bonchev–Trinajstić information content (AvgIpc) is 2.97. The first-order valence-electron chi connectivity index (χ1n) is 9.26. The number of ketones is 1. The largest absolute Gasteiger partial charge is 0.383 e. The van der Waals surface area contributed by atoms with E-state index in [-0.39, 0.29) is 11.8 Å². The first-order valence-corrected chi connectivity index (χ1v) is 9.26. The summed E-state index contributed by atoms with van der Waals surface area (Å²) in [5.41, 5.74) is 5.12. The summed E-state index contributed by atoms with van der Waals surface area (Å²) < 4.78 is 9.41. The third kappa shape index (κ3) is 4.17. The monoisotopic (exact) mass is 363 g/mol. The number of ether oxygens (including phenoxy) is 1. The quantitative estimate of drug-likeness (QED) is 0.467. The Morgan fingerprint density at radius 2 is 1.81 bits per heavy atom. The van der Waals surface area contributed by atoms with Gasteiger partial charge in [-0.1, -0.05) is 30.3 Å². The van der Waals surface area contributed by atoms with Crippen LogP contribution in [0.5, 0.6) is 0 Å². The fraction of sp³-hybridized carbons (Fsp3) is 0.304. The van der Waals surface area contributed by atoms with Crippen molar-refractivity contribution in [2.45, 2.75) is 33.4 Å². The number of aryl methyl sites for hydroxylation is 1. The maximum atomic E-state index is 13.0. The van der Waals surface area contributed by atoms with Crippen molar-refractivity contribution in [3.63, 3.8) is 0 Å². The van der Waals surface area contributed by atoms with Gasteiger partial charge in [-0.2, -0.15) is 4.57 Å². The number of rotatable bonds is 7. The molecule has 0 fully saturated rings. The molecule has 0 bridgehead atoms. The van der Waals surface area contributed by atoms with E-state index in [1.165, 1.54) is 0 Å². The molecule has 3 aromatic rings. The molecule has 2 heterocycles. The average molecular weight is 363 g/mol. The summed E-state index contributed by atoms with van der Waals surface area (Å²) in [6, 6.07) is 16.4. The highest BCUT2D eigenvalue weighted by Crippen LogP contribution is 2.21. The van der Waals surface area contributed by atoms with Crippen LogP contribution in [-0.4, -0.2) is 24.1 Å². The van der Waals surface area contributed by atoms with Gasteiger partial charge >= 0.3 is 0 Å². The van der Waals surface area contributed by atoms with Crippen molar-refractivity contribution in [3.05, 3.63) is 77.9 Å². The molecular weight excluding hydrogens is 336 g/mol. The van der Waals surface area contributed by atoms with E-state index in [1.807, 2.05) is 61.1 Å². The zero-order chi connectivity index (χ0) is 19.4. The Hall–Kier alpha value is -2.72. The molecule has 140 valence electrons. The van der Waals surface area contributed by atoms with Gasteiger partial charge in [0.25, 0.3) is 0 Å². The van der Waals surface area contributed by atoms with E-state index in [9.17, 15) is 4.79 Å². The van der Waals surface area contributed by atoms with E-state index in [2.05, 4.69) is 29.7 Å². The van der Waals surface area contributed by atoms with E-state index >= 15 is 0 Å². The second-order valence-corrected chi connectivity index (χ2v) is 7.01. The van der Waals surface area contributed by atoms with Crippen LogP contribution >= 0.6 is 0 Å². The van der Waals surface area contributed by atoms with Crippen LogP contribution in [0.15, 0.2) is 60.9 Å². The minimum Gasteiger partial charge on any atom is -0.383 e. The topological polar surface area (TPSA) is 35.1 Å². The van der Waals surface area contributed by atoms with Crippen molar-refractivity contribution >= 4 is 5.78 Å². The van der Waals surface area contributed by atoms with Gasteiger partial charge in [-0.3, -0.25) is 4.79 Å². The van der Waals surface area contributed by atoms with Crippen LogP contribution in [0.3, 0.4) is 0 Å². The highest BCUT2D eigenvalue weighted by molar-refractivity contribution is 5.96. The van der Waals surface area contributed by atoms with Crippen molar-refractivity contribution in [3.8, 4) is 11.1 Å². The van der Waals surface area contributed by atoms with Gasteiger partial charge < -0.3 is 9.30 Å². The summed E-state index contributed by atoms with van der Waals surface area (Å²) in [5.74, 6) is 0.120. The molecular formula is C23H27N2O2+. The number of hydrogen-bond acceptors (Lipinski definition) is 2. The molecule has 1 atom stereocenters. The summed E-state index contributed by atoms with van der Waals surface area (Å²) in [7, 11) is 1.70. The third-order valence-corrected chi connectivity index (χ3v) is 4.92. The van der Waals surface area contributed by atoms with Gasteiger partial charge in [0.1, 0.15) is 0 Å². The fourth-order valence-electron chi connectivity index (χ4n) is 3.73. The molecule has 0 saturated carbocycles. The second kappa shape index (κ2) is 8.31. The highest BCUT2D eigenvalue weighted by Gasteiger charge is 2.21. The Labute approximate surface area is 161 Å². The molecule has 4 heteroatoms. The summed E-state index contributed by atoms with van der Waals surface area (Å²) in [4.78, 5) is 13.0. The van der Waals surface area contributed by atoms with E-state index in [0.717, 1.165) is 28.1 Å². The first kappa shape index (κ1) is 19.1.